The fraction of sp³-hybridized carbons (Fsp3) is 0.429. The molecule has 23 heavy (non-hydrogen) atoms. The van der Waals surface area contributed by atoms with Gasteiger partial charge >= 0.3 is 18.2 Å². The lowest BCUT2D eigenvalue weighted by Crippen LogP contribution is -2.45. The highest BCUT2D eigenvalue weighted by Crippen LogP contribution is 2.33. The maximum Gasteiger partial charge on any atom is 0.412 e. The van der Waals surface area contributed by atoms with E-state index in [4.69, 9.17) is 5.11 Å². The molecule has 2 rings (SSSR count). The Morgan fingerprint density at radius 2 is 1.87 bits per heavy atom. The lowest BCUT2D eigenvalue weighted by molar-refractivity contribution is -0.155. The van der Waals surface area contributed by atoms with Crippen molar-refractivity contribution < 1.29 is 32.3 Å². The Morgan fingerprint density at radius 3 is 2.35 bits per heavy atom. The number of carboxylic acids is 1. The SMILES string of the molecule is O=C(O)C1CCN(C(=O)N[C@@H](c2ccc(F)cc2)C(F)(F)F)C1. The summed E-state index contributed by atoms with van der Waals surface area (Å²) in [6, 6.07) is 0.336. The number of aliphatic carboxylic acids is 1. The van der Waals surface area contributed by atoms with Gasteiger partial charge in [0, 0.05) is 13.1 Å². The van der Waals surface area contributed by atoms with Crippen molar-refractivity contribution in [1.29, 1.82) is 0 Å². The van der Waals surface area contributed by atoms with E-state index in [1.54, 1.807) is 0 Å². The number of urea groups is 1. The molecular weight excluding hydrogens is 320 g/mol. The van der Waals surface area contributed by atoms with Crippen LogP contribution in [0.3, 0.4) is 0 Å². The predicted molar refractivity (Wildman–Crippen MR) is 71.0 cm³/mol. The second-order valence-electron chi connectivity index (χ2n) is 5.25. The smallest absolute Gasteiger partial charge is 0.412 e. The number of nitrogens with zero attached hydrogens (tertiary/aromatic N) is 1. The average Bonchev–Trinajstić information content (AvgIpc) is 2.94. The van der Waals surface area contributed by atoms with Crippen molar-refractivity contribution in [3.05, 3.63) is 35.6 Å². The van der Waals surface area contributed by atoms with Crippen LogP contribution in [0.4, 0.5) is 22.4 Å². The molecule has 1 saturated heterocycles. The summed E-state index contributed by atoms with van der Waals surface area (Å²) in [4.78, 5) is 23.8. The summed E-state index contributed by atoms with van der Waals surface area (Å²) in [5.41, 5.74) is -0.304. The van der Waals surface area contributed by atoms with Crippen LogP contribution < -0.4 is 5.32 Å². The molecule has 2 atom stereocenters. The fourth-order valence-electron chi connectivity index (χ4n) is 2.37. The molecule has 1 fully saturated rings. The van der Waals surface area contributed by atoms with Crippen LogP contribution in [0.15, 0.2) is 24.3 Å². The molecule has 0 radical (unpaired) electrons. The third-order valence-corrected chi connectivity index (χ3v) is 3.62. The van der Waals surface area contributed by atoms with Gasteiger partial charge in [0.15, 0.2) is 6.04 Å². The monoisotopic (exact) mass is 334 g/mol. The molecule has 9 heteroatoms. The quantitative estimate of drug-likeness (QED) is 0.835. The summed E-state index contributed by atoms with van der Waals surface area (Å²) in [7, 11) is 0. The van der Waals surface area contributed by atoms with E-state index >= 15 is 0 Å². The molecule has 1 aliphatic heterocycles. The topological polar surface area (TPSA) is 69.6 Å². The van der Waals surface area contributed by atoms with Crippen molar-refractivity contribution >= 4 is 12.0 Å². The van der Waals surface area contributed by atoms with E-state index < -0.39 is 36.0 Å². The largest absolute Gasteiger partial charge is 0.481 e. The number of carbonyl (C=O) groups is 2. The Bertz CT molecular complexity index is 589. The molecule has 2 amide bonds. The number of carboxylic acid groups (broad SMARTS) is 1. The summed E-state index contributed by atoms with van der Waals surface area (Å²) < 4.78 is 52.3. The molecule has 0 aliphatic carbocycles. The minimum Gasteiger partial charge on any atom is -0.481 e. The summed E-state index contributed by atoms with van der Waals surface area (Å²) in [6.07, 6.45) is -4.57. The van der Waals surface area contributed by atoms with Crippen LogP contribution in [0.1, 0.15) is 18.0 Å². The van der Waals surface area contributed by atoms with Gasteiger partial charge in [-0.1, -0.05) is 12.1 Å². The van der Waals surface area contributed by atoms with Crippen molar-refractivity contribution in [2.75, 3.05) is 13.1 Å². The Morgan fingerprint density at radius 1 is 1.26 bits per heavy atom. The minimum atomic E-state index is -4.76. The second kappa shape index (κ2) is 6.43. The Labute approximate surface area is 128 Å². The number of hydrogen-bond acceptors (Lipinski definition) is 2. The van der Waals surface area contributed by atoms with E-state index in [1.165, 1.54) is 0 Å². The highest BCUT2D eigenvalue weighted by molar-refractivity contribution is 5.77. The number of nitrogens with one attached hydrogen (secondary N) is 1. The van der Waals surface area contributed by atoms with Gasteiger partial charge in [0.25, 0.3) is 0 Å². The van der Waals surface area contributed by atoms with Crippen LogP contribution in [0.25, 0.3) is 0 Å². The number of rotatable bonds is 3. The van der Waals surface area contributed by atoms with Crippen molar-refractivity contribution in [1.82, 2.24) is 10.2 Å². The van der Waals surface area contributed by atoms with Gasteiger partial charge in [0.1, 0.15) is 5.82 Å². The van der Waals surface area contributed by atoms with Gasteiger partial charge in [-0.25, -0.2) is 9.18 Å². The molecule has 1 heterocycles. The summed E-state index contributed by atoms with van der Waals surface area (Å²) in [5.74, 6) is -2.56. The number of benzene rings is 1. The lowest BCUT2D eigenvalue weighted by atomic mass is 10.1. The number of hydrogen-bond donors (Lipinski definition) is 2. The van der Waals surface area contributed by atoms with Crippen molar-refractivity contribution in [3.8, 4) is 0 Å². The zero-order valence-electron chi connectivity index (χ0n) is 11.8. The normalized spacial score (nSPS) is 19.5. The van der Waals surface area contributed by atoms with Crippen molar-refractivity contribution in [3.63, 3.8) is 0 Å². The van der Waals surface area contributed by atoms with E-state index in [2.05, 4.69) is 0 Å². The first-order valence-electron chi connectivity index (χ1n) is 6.79. The van der Waals surface area contributed by atoms with Crippen LogP contribution in [-0.2, 0) is 4.79 Å². The molecule has 2 N–H and O–H groups in total. The first kappa shape index (κ1) is 17.0. The second-order valence-corrected chi connectivity index (χ2v) is 5.25. The Kier molecular flexibility index (Phi) is 4.76. The molecule has 1 unspecified atom stereocenters. The number of carbonyl (C=O) groups excluding carboxylic acids is 1. The van der Waals surface area contributed by atoms with Gasteiger partial charge in [0.2, 0.25) is 0 Å². The Balaban J connectivity index is 2.11. The van der Waals surface area contributed by atoms with E-state index in [9.17, 15) is 27.2 Å². The molecule has 0 aromatic heterocycles. The van der Waals surface area contributed by atoms with E-state index in [0.717, 1.165) is 29.2 Å². The number of amides is 2. The fourth-order valence-corrected chi connectivity index (χ4v) is 2.37. The molecule has 0 bridgehead atoms. The summed E-state index contributed by atoms with van der Waals surface area (Å²) in [6.45, 7) is -0.0774. The van der Waals surface area contributed by atoms with E-state index in [-0.39, 0.29) is 25.1 Å². The van der Waals surface area contributed by atoms with E-state index in [1.807, 2.05) is 5.32 Å². The number of likely N-dealkylation sites (tertiary alicyclic amines) is 1. The highest BCUT2D eigenvalue weighted by atomic mass is 19.4. The third kappa shape index (κ3) is 4.11. The molecule has 126 valence electrons. The zero-order chi connectivity index (χ0) is 17.2. The number of halogens is 4. The lowest BCUT2D eigenvalue weighted by Gasteiger charge is -2.25. The van der Waals surface area contributed by atoms with Gasteiger partial charge in [-0.3, -0.25) is 4.79 Å². The number of alkyl halides is 3. The van der Waals surface area contributed by atoms with Crippen LogP contribution in [0.5, 0.6) is 0 Å². The van der Waals surface area contributed by atoms with Gasteiger partial charge in [-0.15, -0.1) is 0 Å². The molecular formula is C14H14F4N2O3. The van der Waals surface area contributed by atoms with Gasteiger partial charge in [-0.05, 0) is 24.1 Å². The molecule has 1 aromatic rings. The first-order chi connectivity index (χ1) is 10.7. The van der Waals surface area contributed by atoms with Crippen molar-refractivity contribution in [2.45, 2.75) is 18.6 Å². The summed E-state index contributed by atoms with van der Waals surface area (Å²) >= 11 is 0. The van der Waals surface area contributed by atoms with Crippen LogP contribution >= 0.6 is 0 Å². The van der Waals surface area contributed by atoms with Crippen LogP contribution in [-0.4, -0.2) is 41.3 Å². The molecule has 5 nitrogen and oxygen atoms in total. The average molecular weight is 334 g/mol. The molecule has 1 aliphatic rings. The van der Waals surface area contributed by atoms with Crippen LogP contribution in [0, 0.1) is 11.7 Å². The predicted octanol–water partition coefficient (Wildman–Crippen LogP) is 2.55. The first-order valence-corrected chi connectivity index (χ1v) is 6.79. The standard InChI is InChI=1S/C14H14F4N2O3/c15-10-3-1-8(2-4-10)11(14(16,17)18)19-13(23)20-6-5-9(7-20)12(21)22/h1-4,9,11H,5-7H2,(H,19,23)(H,21,22)/t9?,11-/m0/s1. The highest BCUT2D eigenvalue weighted by Gasteiger charge is 2.43. The summed E-state index contributed by atoms with van der Waals surface area (Å²) in [5, 5.41) is 10.7. The van der Waals surface area contributed by atoms with Gasteiger partial charge in [0.05, 0.1) is 5.92 Å². The van der Waals surface area contributed by atoms with Crippen LogP contribution in [0.2, 0.25) is 0 Å². The maximum absolute atomic E-state index is 13.1. The molecule has 0 spiro atoms. The molecule has 0 saturated carbocycles. The maximum atomic E-state index is 13.1. The van der Waals surface area contributed by atoms with Crippen molar-refractivity contribution in [2.24, 2.45) is 5.92 Å². The zero-order valence-corrected chi connectivity index (χ0v) is 11.8. The van der Waals surface area contributed by atoms with Gasteiger partial charge < -0.3 is 15.3 Å². The Hall–Kier alpha value is -2.32. The van der Waals surface area contributed by atoms with E-state index in [0.29, 0.717) is 0 Å². The minimum absolute atomic E-state index is 0.0663. The molecule has 1 aromatic carbocycles. The van der Waals surface area contributed by atoms with Gasteiger partial charge in [-0.2, -0.15) is 13.2 Å². The third-order valence-electron chi connectivity index (χ3n) is 3.62.